The number of piperidine rings is 1. The van der Waals surface area contributed by atoms with Crippen LogP contribution in [0.3, 0.4) is 0 Å². The minimum Gasteiger partial charge on any atom is -0.370 e. The number of amides is 1. The van der Waals surface area contributed by atoms with E-state index in [2.05, 4.69) is 29.0 Å². The Bertz CT molecular complexity index is 560. The Morgan fingerprint density at radius 1 is 1.29 bits per heavy atom. The molecule has 0 unspecified atom stereocenters. The first-order valence-corrected chi connectivity index (χ1v) is 8.84. The van der Waals surface area contributed by atoms with E-state index in [0.29, 0.717) is 31.2 Å². The van der Waals surface area contributed by atoms with Crippen LogP contribution in [0.5, 0.6) is 0 Å². The van der Waals surface area contributed by atoms with Crippen LogP contribution in [-0.4, -0.2) is 49.5 Å². The van der Waals surface area contributed by atoms with Gasteiger partial charge >= 0.3 is 0 Å². The minimum atomic E-state index is -0.379. The summed E-state index contributed by atoms with van der Waals surface area (Å²) in [5.74, 6) is 0.145. The van der Waals surface area contributed by atoms with Gasteiger partial charge in [-0.2, -0.15) is 0 Å². The third-order valence-corrected chi connectivity index (χ3v) is 4.70. The molecule has 1 spiro atoms. The van der Waals surface area contributed by atoms with Gasteiger partial charge in [0.1, 0.15) is 0 Å². The predicted molar refractivity (Wildman–Crippen MR) is 92.1 cm³/mol. The molecular weight excluding hydrogens is 306 g/mol. The fourth-order valence-electron chi connectivity index (χ4n) is 3.19. The molecule has 2 aliphatic heterocycles. The summed E-state index contributed by atoms with van der Waals surface area (Å²) in [6.45, 7) is 8.06. The molecule has 0 saturated carbocycles. The van der Waals surface area contributed by atoms with E-state index in [4.69, 9.17) is 9.47 Å². The summed E-state index contributed by atoms with van der Waals surface area (Å²) in [5.41, 5.74) is 1.60. The summed E-state index contributed by atoms with van der Waals surface area (Å²) >= 11 is 0. The van der Waals surface area contributed by atoms with Crippen LogP contribution in [-0.2, 0) is 9.47 Å². The van der Waals surface area contributed by atoms with E-state index in [1.54, 1.807) is 6.20 Å². The number of hydrogen-bond donors (Lipinski definition) is 1. The molecule has 0 aliphatic carbocycles. The quantitative estimate of drug-likeness (QED) is 0.895. The molecule has 1 N–H and O–H groups in total. The molecule has 6 nitrogen and oxygen atoms in total. The average molecular weight is 333 g/mol. The number of nitrogens with zero attached hydrogens (tertiary/aromatic N) is 2. The van der Waals surface area contributed by atoms with Crippen molar-refractivity contribution in [2.24, 2.45) is 5.92 Å². The second-order valence-corrected chi connectivity index (χ2v) is 6.96. The lowest BCUT2D eigenvalue weighted by Crippen LogP contribution is -2.45. The normalized spacial score (nSPS) is 19.9. The first-order chi connectivity index (χ1) is 11.6. The Kier molecular flexibility index (Phi) is 5.36. The Morgan fingerprint density at radius 2 is 2.00 bits per heavy atom. The van der Waals surface area contributed by atoms with Gasteiger partial charge in [0.25, 0.3) is 5.91 Å². The van der Waals surface area contributed by atoms with Crippen molar-refractivity contribution < 1.29 is 14.3 Å². The highest BCUT2D eigenvalue weighted by atomic mass is 16.7. The molecule has 2 fully saturated rings. The van der Waals surface area contributed by atoms with E-state index in [1.165, 1.54) is 0 Å². The number of nitrogens with one attached hydrogen (secondary N) is 1. The third-order valence-electron chi connectivity index (χ3n) is 4.70. The molecule has 132 valence electrons. The number of anilines is 1. The number of rotatable bonds is 5. The van der Waals surface area contributed by atoms with Gasteiger partial charge in [-0.1, -0.05) is 13.8 Å². The van der Waals surface area contributed by atoms with Gasteiger partial charge in [-0.25, -0.2) is 0 Å². The van der Waals surface area contributed by atoms with E-state index in [-0.39, 0.29) is 11.7 Å². The summed E-state index contributed by atoms with van der Waals surface area (Å²) in [6, 6.07) is 1.92. The van der Waals surface area contributed by atoms with E-state index in [0.717, 1.165) is 38.0 Å². The van der Waals surface area contributed by atoms with Crippen LogP contribution < -0.4 is 10.2 Å². The molecule has 24 heavy (non-hydrogen) atoms. The maximum absolute atomic E-state index is 12.3. The molecular formula is C18H27N3O3. The first-order valence-electron chi connectivity index (χ1n) is 8.84. The molecule has 3 heterocycles. The Hall–Kier alpha value is -1.66. The zero-order valence-electron chi connectivity index (χ0n) is 14.6. The summed E-state index contributed by atoms with van der Waals surface area (Å²) in [6.07, 6.45) is 6.12. The molecule has 0 atom stereocenters. The van der Waals surface area contributed by atoms with Crippen molar-refractivity contribution in [3.8, 4) is 0 Å². The van der Waals surface area contributed by atoms with Gasteiger partial charge in [-0.3, -0.25) is 9.78 Å². The van der Waals surface area contributed by atoms with Gasteiger partial charge in [0, 0.05) is 38.7 Å². The van der Waals surface area contributed by atoms with Crippen LogP contribution in [0.15, 0.2) is 18.5 Å². The van der Waals surface area contributed by atoms with Gasteiger partial charge in [-0.15, -0.1) is 0 Å². The van der Waals surface area contributed by atoms with Crippen molar-refractivity contribution in [1.29, 1.82) is 0 Å². The standard InChI is InChI=1S/C18H27N3O3/c1-14(2)3-6-20-17(22)15-11-16(13-19-12-15)21-7-4-18(5-8-21)23-9-10-24-18/h11-14H,3-10H2,1-2H3,(H,20,22). The number of pyridine rings is 1. The lowest BCUT2D eigenvalue weighted by Gasteiger charge is -2.38. The number of carbonyl (C=O) groups is 1. The summed E-state index contributed by atoms with van der Waals surface area (Å²) < 4.78 is 11.5. The van der Waals surface area contributed by atoms with E-state index >= 15 is 0 Å². The summed E-state index contributed by atoms with van der Waals surface area (Å²) in [5, 5.41) is 2.96. The Balaban J connectivity index is 1.58. The van der Waals surface area contributed by atoms with Crippen LogP contribution in [0.1, 0.15) is 43.5 Å². The first kappa shape index (κ1) is 17.2. The predicted octanol–water partition coefficient (Wildman–Crippen LogP) is 2.20. The summed E-state index contributed by atoms with van der Waals surface area (Å²) in [4.78, 5) is 18.7. The highest BCUT2D eigenvalue weighted by molar-refractivity contribution is 5.94. The van der Waals surface area contributed by atoms with Gasteiger partial charge in [-0.05, 0) is 18.4 Å². The Labute approximate surface area is 143 Å². The van der Waals surface area contributed by atoms with Crippen LogP contribution in [0, 0.1) is 5.92 Å². The molecule has 0 aromatic carbocycles. The highest BCUT2D eigenvalue weighted by Gasteiger charge is 2.39. The number of ether oxygens (including phenoxy) is 2. The average Bonchev–Trinajstić information content (AvgIpc) is 3.03. The second kappa shape index (κ2) is 7.49. The van der Waals surface area contributed by atoms with Crippen LogP contribution >= 0.6 is 0 Å². The monoisotopic (exact) mass is 333 g/mol. The van der Waals surface area contributed by atoms with Crippen molar-refractivity contribution in [2.75, 3.05) is 37.7 Å². The van der Waals surface area contributed by atoms with E-state index in [9.17, 15) is 4.79 Å². The minimum absolute atomic E-state index is 0.0547. The summed E-state index contributed by atoms with van der Waals surface area (Å²) in [7, 11) is 0. The smallest absolute Gasteiger partial charge is 0.252 e. The molecule has 1 amide bonds. The van der Waals surface area contributed by atoms with Crippen LogP contribution in [0.4, 0.5) is 5.69 Å². The van der Waals surface area contributed by atoms with Gasteiger partial charge < -0.3 is 19.7 Å². The maximum atomic E-state index is 12.3. The number of carbonyl (C=O) groups excluding carboxylic acids is 1. The Morgan fingerprint density at radius 3 is 2.67 bits per heavy atom. The fourth-order valence-corrected chi connectivity index (χ4v) is 3.19. The molecule has 2 aliphatic rings. The molecule has 0 bridgehead atoms. The lowest BCUT2D eigenvalue weighted by atomic mass is 10.0. The van der Waals surface area contributed by atoms with Crippen molar-refractivity contribution in [3.05, 3.63) is 24.0 Å². The van der Waals surface area contributed by atoms with Gasteiger partial charge in [0.2, 0.25) is 0 Å². The third kappa shape index (κ3) is 4.05. The van der Waals surface area contributed by atoms with Gasteiger partial charge in [0.05, 0.1) is 30.7 Å². The molecule has 1 aromatic heterocycles. The molecule has 6 heteroatoms. The molecule has 3 rings (SSSR count). The van der Waals surface area contributed by atoms with Crippen LogP contribution in [0.2, 0.25) is 0 Å². The number of hydrogen-bond acceptors (Lipinski definition) is 5. The highest BCUT2D eigenvalue weighted by Crippen LogP contribution is 2.33. The van der Waals surface area contributed by atoms with Crippen LogP contribution in [0.25, 0.3) is 0 Å². The van der Waals surface area contributed by atoms with Gasteiger partial charge in [0.15, 0.2) is 5.79 Å². The van der Waals surface area contributed by atoms with Crippen molar-refractivity contribution >= 4 is 11.6 Å². The van der Waals surface area contributed by atoms with Crippen molar-refractivity contribution in [2.45, 2.75) is 38.9 Å². The SMILES string of the molecule is CC(C)CCNC(=O)c1cncc(N2CCC3(CC2)OCCO3)c1. The number of aromatic nitrogens is 1. The molecule has 0 radical (unpaired) electrons. The molecule has 1 aromatic rings. The fraction of sp³-hybridized carbons (Fsp3) is 0.667. The maximum Gasteiger partial charge on any atom is 0.252 e. The zero-order valence-corrected chi connectivity index (χ0v) is 14.6. The van der Waals surface area contributed by atoms with E-state index < -0.39 is 0 Å². The zero-order chi connectivity index (χ0) is 17.0. The molecule has 2 saturated heterocycles. The largest absolute Gasteiger partial charge is 0.370 e. The lowest BCUT2D eigenvalue weighted by molar-refractivity contribution is -0.169. The topological polar surface area (TPSA) is 63.7 Å². The second-order valence-electron chi connectivity index (χ2n) is 6.96. The van der Waals surface area contributed by atoms with Crippen molar-refractivity contribution in [3.63, 3.8) is 0 Å². The van der Waals surface area contributed by atoms with E-state index in [1.807, 2.05) is 12.3 Å². The van der Waals surface area contributed by atoms with Crippen molar-refractivity contribution in [1.82, 2.24) is 10.3 Å².